The highest BCUT2D eigenvalue weighted by atomic mass is 28.4. The van der Waals surface area contributed by atoms with E-state index in [2.05, 4.69) is 54.6 Å². The zero-order valence-electron chi connectivity index (χ0n) is 14.5. The second-order valence-electron chi connectivity index (χ2n) is 5.58. The van der Waals surface area contributed by atoms with Crippen LogP contribution in [0.25, 0.3) is 21.5 Å². The third-order valence-electron chi connectivity index (χ3n) is 4.10. The number of benzene rings is 3. The average molecular weight is 340 g/mol. The Morgan fingerprint density at radius 1 is 0.667 bits per heavy atom. The Balaban J connectivity index is 2.21. The fourth-order valence-corrected chi connectivity index (χ4v) is 5.64. The van der Waals surface area contributed by atoms with Crippen molar-refractivity contribution in [3.05, 3.63) is 54.6 Å². The second-order valence-corrected chi connectivity index (χ2v) is 8.13. The summed E-state index contributed by atoms with van der Waals surface area (Å²) in [5.74, 6) is 0. The van der Waals surface area contributed by atoms with Gasteiger partial charge in [0.1, 0.15) is 0 Å². The van der Waals surface area contributed by atoms with Crippen molar-refractivity contribution in [3.8, 4) is 0 Å². The van der Waals surface area contributed by atoms with Gasteiger partial charge in [0.15, 0.2) is 0 Å². The lowest BCUT2D eigenvalue weighted by Crippen LogP contribution is -2.56. The van der Waals surface area contributed by atoms with E-state index in [1.807, 2.05) is 20.8 Å². The van der Waals surface area contributed by atoms with Crippen molar-refractivity contribution >= 4 is 35.5 Å². The van der Waals surface area contributed by atoms with Gasteiger partial charge in [-0.25, -0.2) is 0 Å². The highest BCUT2D eigenvalue weighted by Crippen LogP contribution is 2.25. The predicted molar refractivity (Wildman–Crippen MR) is 102 cm³/mol. The molecule has 0 aromatic heterocycles. The van der Waals surface area contributed by atoms with E-state index < -0.39 is 8.80 Å². The quantitative estimate of drug-likeness (QED) is 0.475. The number of hydrogen-bond acceptors (Lipinski definition) is 3. The van der Waals surface area contributed by atoms with Crippen molar-refractivity contribution in [2.45, 2.75) is 20.8 Å². The van der Waals surface area contributed by atoms with E-state index >= 15 is 0 Å². The van der Waals surface area contributed by atoms with Crippen LogP contribution in [-0.4, -0.2) is 28.6 Å². The van der Waals surface area contributed by atoms with Crippen LogP contribution >= 0.6 is 0 Å². The van der Waals surface area contributed by atoms with Crippen molar-refractivity contribution in [1.29, 1.82) is 0 Å². The first kappa shape index (κ1) is 17.1. The molecule has 0 radical (unpaired) electrons. The standard InChI is InChI=1S/C20H24O3Si/c1-4-21-24(22-5-2,23-6-3)18-14-13-17-12-11-16-9-7-8-10-19(16)20(17)15-18/h7-15H,4-6H2,1-3H3. The first-order chi connectivity index (χ1) is 11.7. The SMILES string of the molecule is CCO[Si](OCC)(OCC)c1ccc2ccc3ccccc3c2c1. The molecule has 3 aromatic carbocycles. The smallest absolute Gasteiger partial charge is 0.370 e. The number of rotatable bonds is 7. The normalized spacial score (nSPS) is 12.1. The van der Waals surface area contributed by atoms with E-state index in [4.69, 9.17) is 13.3 Å². The Bertz CT molecular complexity index is 814. The Kier molecular flexibility index (Phi) is 5.31. The lowest BCUT2D eigenvalue weighted by molar-refractivity contribution is 0.0859. The van der Waals surface area contributed by atoms with E-state index in [9.17, 15) is 0 Å². The first-order valence-electron chi connectivity index (χ1n) is 8.58. The topological polar surface area (TPSA) is 27.7 Å². The Labute approximate surface area is 144 Å². The molecule has 0 aliphatic heterocycles. The first-order valence-corrected chi connectivity index (χ1v) is 10.3. The van der Waals surface area contributed by atoms with Gasteiger partial charge in [-0.05, 0) is 48.4 Å². The Morgan fingerprint density at radius 2 is 1.21 bits per heavy atom. The minimum Gasteiger partial charge on any atom is -0.370 e. The van der Waals surface area contributed by atoms with Crippen molar-refractivity contribution in [1.82, 2.24) is 0 Å². The summed E-state index contributed by atoms with van der Waals surface area (Å²) in [5.41, 5.74) is 0. The summed E-state index contributed by atoms with van der Waals surface area (Å²) in [7, 11) is -2.88. The molecule has 0 unspecified atom stereocenters. The van der Waals surface area contributed by atoms with Gasteiger partial charge in [0.2, 0.25) is 0 Å². The molecule has 0 bridgehead atoms. The van der Waals surface area contributed by atoms with Gasteiger partial charge in [-0.3, -0.25) is 0 Å². The summed E-state index contributed by atoms with van der Waals surface area (Å²) >= 11 is 0. The molecule has 0 heterocycles. The van der Waals surface area contributed by atoms with Gasteiger partial charge < -0.3 is 13.3 Å². The van der Waals surface area contributed by atoms with Crippen LogP contribution in [0.4, 0.5) is 0 Å². The molecule has 0 spiro atoms. The van der Waals surface area contributed by atoms with Crippen LogP contribution in [0.5, 0.6) is 0 Å². The molecular weight excluding hydrogens is 316 g/mol. The minimum atomic E-state index is -2.88. The summed E-state index contributed by atoms with van der Waals surface area (Å²) in [4.78, 5) is 0. The Morgan fingerprint density at radius 3 is 1.83 bits per heavy atom. The molecule has 3 rings (SSSR count). The summed E-state index contributed by atoms with van der Waals surface area (Å²) in [6.07, 6.45) is 0. The maximum Gasteiger partial charge on any atom is 0.537 e. The molecule has 0 saturated heterocycles. The molecule has 0 aliphatic rings. The molecule has 0 fully saturated rings. The average Bonchev–Trinajstić information content (AvgIpc) is 2.61. The van der Waals surface area contributed by atoms with Crippen molar-refractivity contribution in [2.75, 3.05) is 19.8 Å². The summed E-state index contributed by atoms with van der Waals surface area (Å²) in [5, 5.41) is 5.92. The van der Waals surface area contributed by atoms with Crippen LogP contribution in [-0.2, 0) is 13.3 Å². The second kappa shape index (κ2) is 7.45. The largest absolute Gasteiger partial charge is 0.537 e. The van der Waals surface area contributed by atoms with Gasteiger partial charge in [-0.15, -0.1) is 0 Å². The van der Waals surface area contributed by atoms with Crippen LogP contribution < -0.4 is 5.19 Å². The van der Waals surface area contributed by atoms with Gasteiger partial charge in [-0.2, -0.15) is 0 Å². The Hall–Kier alpha value is -1.72. The van der Waals surface area contributed by atoms with E-state index in [0.29, 0.717) is 19.8 Å². The molecule has 0 saturated carbocycles. The van der Waals surface area contributed by atoms with Crippen molar-refractivity contribution in [2.24, 2.45) is 0 Å². The van der Waals surface area contributed by atoms with Gasteiger partial charge in [0.05, 0.1) is 0 Å². The van der Waals surface area contributed by atoms with E-state index in [0.717, 1.165) is 5.19 Å². The lowest BCUT2D eigenvalue weighted by atomic mass is 10.0. The maximum atomic E-state index is 6.05. The van der Waals surface area contributed by atoms with Crippen LogP contribution in [0.2, 0.25) is 0 Å². The van der Waals surface area contributed by atoms with Crippen LogP contribution in [0.3, 0.4) is 0 Å². The van der Waals surface area contributed by atoms with Crippen LogP contribution in [0.1, 0.15) is 20.8 Å². The van der Waals surface area contributed by atoms with E-state index in [1.54, 1.807) is 0 Å². The van der Waals surface area contributed by atoms with Crippen LogP contribution in [0, 0.1) is 0 Å². The molecule has 0 amide bonds. The van der Waals surface area contributed by atoms with Gasteiger partial charge in [-0.1, -0.05) is 48.5 Å². The summed E-state index contributed by atoms with van der Waals surface area (Å²) in [6.45, 7) is 7.65. The molecule has 4 heteroatoms. The molecule has 3 nitrogen and oxygen atoms in total. The third kappa shape index (κ3) is 3.10. The van der Waals surface area contributed by atoms with Gasteiger partial charge >= 0.3 is 8.80 Å². The van der Waals surface area contributed by atoms with E-state index in [1.165, 1.54) is 21.5 Å². The highest BCUT2D eigenvalue weighted by Gasteiger charge is 2.43. The fraction of sp³-hybridized carbons (Fsp3) is 0.300. The monoisotopic (exact) mass is 340 g/mol. The molecule has 0 aliphatic carbocycles. The van der Waals surface area contributed by atoms with Crippen molar-refractivity contribution in [3.63, 3.8) is 0 Å². The lowest BCUT2D eigenvalue weighted by Gasteiger charge is -2.28. The van der Waals surface area contributed by atoms with Gasteiger partial charge in [0.25, 0.3) is 0 Å². The zero-order chi connectivity index (χ0) is 17.0. The molecule has 0 atom stereocenters. The predicted octanol–water partition coefficient (Wildman–Crippen LogP) is 4.25. The molecule has 24 heavy (non-hydrogen) atoms. The van der Waals surface area contributed by atoms with Crippen LogP contribution in [0.15, 0.2) is 54.6 Å². The zero-order valence-corrected chi connectivity index (χ0v) is 15.5. The van der Waals surface area contributed by atoms with Gasteiger partial charge in [0, 0.05) is 25.0 Å². The summed E-state index contributed by atoms with van der Waals surface area (Å²) in [6, 6.07) is 19.2. The number of fused-ring (bicyclic) bond motifs is 3. The number of hydrogen-bond donors (Lipinski definition) is 0. The van der Waals surface area contributed by atoms with E-state index in [-0.39, 0.29) is 0 Å². The molecule has 3 aromatic rings. The van der Waals surface area contributed by atoms with Crippen molar-refractivity contribution < 1.29 is 13.3 Å². The molecule has 0 N–H and O–H groups in total. The maximum absolute atomic E-state index is 6.05. The third-order valence-corrected chi connectivity index (χ3v) is 7.13. The fourth-order valence-electron chi connectivity index (χ4n) is 3.14. The highest BCUT2D eigenvalue weighted by molar-refractivity contribution is 6.75. The molecular formula is C20H24O3Si. The minimum absolute atomic E-state index is 0.569. The summed E-state index contributed by atoms with van der Waals surface area (Å²) < 4.78 is 18.2. The molecule has 126 valence electrons.